The van der Waals surface area contributed by atoms with Crippen molar-refractivity contribution in [1.29, 1.82) is 0 Å². The third-order valence-corrected chi connectivity index (χ3v) is 20.9. The smallest absolute Gasteiger partial charge is 0.197 e. The van der Waals surface area contributed by atoms with Crippen LogP contribution in [-0.2, 0) is 32.4 Å². The lowest BCUT2D eigenvalue weighted by Crippen LogP contribution is -2.26. The van der Waals surface area contributed by atoms with E-state index >= 15 is 0 Å². The van der Waals surface area contributed by atoms with Crippen LogP contribution in [0.3, 0.4) is 0 Å². The molecule has 0 saturated heterocycles. The lowest BCUT2D eigenvalue weighted by atomic mass is 9.70. The molecule has 0 N–H and O–H groups in total. The van der Waals surface area contributed by atoms with Crippen molar-refractivity contribution in [1.82, 2.24) is 9.13 Å². The number of hydrogen-bond donors (Lipinski definition) is 0. The summed E-state index contributed by atoms with van der Waals surface area (Å²) in [6.07, 6.45) is 35.7. The van der Waals surface area contributed by atoms with Crippen LogP contribution in [0.25, 0.3) is 54.7 Å². The Morgan fingerprint density at radius 2 is 0.741 bits per heavy atom. The number of pyridine rings is 2. The van der Waals surface area contributed by atoms with Crippen molar-refractivity contribution in [3.8, 4) is 11.1 Å². The van der Waals surface area contributed by atoms with E-state index in [2.05, 4.69) is 135 Å². The summed E-state index contributed by atoms with van der Waals surface area (Å²) in [7, 11) is 4.14. The fraction of sp³-hybridized carbons (Fsp3) is 0.493. The Morgan fingerprint density at radius 1 is 0.383 bits per heavy atom. The van der Waals surface area contributed by atoms with Crippen molar-refractivity contribution in [2.24, 2.45) is 14.1 Å². The van der Waals surface area contributed by atoms with E-state index in [-0.39, 0.29) is 16.3 Å². The van der Waals surface area contributed by atoms with Gasteiger partial charge in [0.25, 0.3) is 0 Å². The van der Waals surface area contributed by atoms with E-state index in [9.17, 15) is 9.59 Å². The summed E-state index contributed by atoms with van der Waals surface area (Å²) in [4.78, 5) is 29.8. The van der Waals surface area contributed by atoms with Crippen LogP contribution in [0.1, 0.15) is 214 Å². The molecule has 81 heavy (non-hydrogen) atoms. The number of benzene rings is 6. The highest BCUT2D eigenvalue weighted by Gasteiger charge is 2.43. The number of hydrogen-bond acceptors (Lipinski definition) is 4. The highest BCUT2D eigenvalue weighted by Crippen LogP contribution is 2.56. The highest BCUT2D eigenvalue weighted by atomic mass is 32.2. The first-order chi connectivity index (χ1) is 39.6. The van der Waals surface area contributed by atoms with Gasteiger partial charge in [-0.3, -0.25) is 9.59 Å². The van der Waals surface area contributed by atoms with Crippen molar-refractivity contribution in [2.75, 3.05) is 11.5 Å². The number of nitrogens with zero attached hydrogens (tertiary/aromatic N) is 2. The van der Waals surface area contributed by atoms with Crippen molar-refractivity contribution < 1.29 is 0 Å². The Morgan fingerprint density at radius 3 is 1.16 bits per heavy atom. The molecule has 6 heteroatoms. The monoisotopic (exact) mass is 1120 g/mol. The SMILES string of the molecule is CCCCCCCCC1(CCCCCCCC)c2cc(C)c(SCCCCCCCCc3ccc4c(c3)c(=O)c3ccccc3n4C)cc2-c2cc(SCCCCCCCCc3ccc4c(c3)c(=O)c3ccccc3n4C)c(C)cc21. The maximum Gasteiger partial charge on any atom is 0.197 e. The molecule has 0 fully saturated rings. The molecular weight excluding hydrogens is 1020 g/mol. The molecule has 2 heterocycles. The molecule has 6 aromatic carbocycles. The second-order valence-electron chi connectivity index (χ2n) is 24.4. The summed E-state index contributed by atoms with van der Waals surface area (Å²) in [5.74, 6) is 2.35. The zero-order valence-electron chi connectivity index (χ0n) is 50.6. The highest BCUT2D eigenvalue weighted by molar-refractivity contribution is 7.99. The molecule has 9 rings (SSSR count). The second-order valence-corrected chi connectivity index (χ2v) is 26.7. The Hall–Kier alpha value is -5.04. The Labute approximate surface area is 495 Å². The third-order valence-electron chi connectivity index (χ3n) is 18.5. The molecule has 0 saturated carbocycles. The predicted molar refractivity (Wildman–Crippen MR) is 356 cm³/mol. The van der Waals surface area contributed by atoms with Crippen molar-refractivity contribution in [3.63, 3.8) is 0 Å². The average molecular weight is 1120 g/mol. The van der Waals surface area contributed by atoms with Gasteiger partial charge in [0, 0.05) is 50.8 Å². The van der Waals surface area contributed by atoms with Crippen molar-refractivity contribution in [2.45, 2.75) is 223 Å². The topological polar surface area (TPSA) is 44.0 Å². The van der Waals surface area contributed by atoms with Gasteiger partial charge in [0.2, 0.25) is 0 Å². The molecule has 4 nitrogen and oxygen atoms in total. The molecule has 0 radical (unpaired) electrons. The molecule has 8 aromatic rings. The molecule has 0 amide bonds. The molecule has 1 aliphatic carbocycles. The van der Waals surface area contributed by atoms with Gasteiger partial charge < -0.3 is 9.13 Å². The van der Waals surface area contributed by atoms with Crippen LogP contribution in [0.5, 0.6) is 0 Å². The molecule has 0 unspecified atom stereocenters. The molecular formula is C75H96N2O2S2. The van der Waals surface area contributed by atoms with E-state index in [0.29, 0.717) is 0 Å². The zero-order chi connectivity index (χ0) is 56.6. The Balaban J connectivity index is 0.797. The first-order valence-corrected chi connectivity index (χ1v) is 34.2. The average Bonchev–Trinajstić information content (AvgIpc) is 3.95. The van der Waals surface area contributed by atoms with Crippen LogP contribution in [0, 0.1) is 13.8 Å². The second kappa shape index (κ2) is 30.0. The van der Waals surface area contributed by atoms with Gasteiger partial charge in [-0.15, -0.1) is 23.5 Å². The molecule has 2 aromatic heterocycles. The number of aryl methyl sites for hydroxylation is 6. The van der Waals surface area contributed by atoms with Gasteiger partial charge in [0.15, 0.2) is 10.9 Å². The van der Waals surface area contributed by atoms with E-state index in [0.717, 1.165) is 56.5 Å². The van der Waals surface area contributed by atoms with E-state index in [1.54, 1.807) is 11.1 Å². The minimum Gasteiger partial charge on any atom is -0.343 e. The van der Waals surface area contributed by atoms with Gasteiger partial charge in [-0.05, 0) is 182 Å². The molecule has 430 valence electrons. The maximum absolute atomic E-state index is 13.4. The van der Waals surface area contributed by atoms with Gasteiger partial charge in [0.1, 0.15) is 0 Å². The standard InChI is InChI=1S/C75H96N2O2S2/c1-7-9-11-13-21-31-45-75(46-32-22-14-12-10-8-2)65-49-55(3)71(80-47-33-23-17-15-19-25-35-57-41-43-69-63(51-57)73(78)59-37-27-29-39-67(59)76(69)5)53-61(65)62-54-72(56(4)50-66(62)75)81-48-34-24-18-16-20-26-36-58-42-44-70-64(52-58)74(79)60-38-28-30-40-68(60)77(70)6/h27-30,37-44,49-54H,7-26,31-36,45-48H2,1-6H3. The number of rotatable bonds is 34. The van der Waals surface area contributed by atoms with Crippen LogP contribution < -0.4 is 10.9 Å². The summed E-state index contributed by atoms with van der Waals surface area (Å²) in [5, 5.41) is 3.29. The first-order valence-electron chi connectivity index (χ1n) is 32.2. The number of thioether (sulfide) groups is 2. The van der Waals surface area contributed by atoms with Crippen molar-refractivity contribution >= 4 is 67.1 Å². The van der Waals surface area contributed by atoms with E-state index in [1.807, 2.05) is 48.5 Å². The zero-order valence-corrected chi connectivity index (χ0v) is 52.3. The lowest BCUT2D eigenvalue weighted by molar-refractivity contribution is 0.397. The number of fused-ring (bicyclic) bond motifs is 7. The van der Waals surface area contributed by atoms with Gasteiger partial charge >= 0.3 is 0 Å². The summed E-state index contributed by atoms with van der Waals surface area (Å²) < 4.78 is 4.32. The lowest BCUT2D eigenvalue weighted by Gasteiger charge is -2.33. The van der Waals surface area contributed by atoms with Gasteiger partial charge in [-0.1, -0.05) is 191 Å². The van der Waals surface area contributed by atoms with Crippen LogP contribution >= 0.6 is 23.5 Å². The quantitative estimate of drug-likeness (QED) is 0.0229. The van der Waals surface area contributed by atoms with E-state index in [1.165, 1.54) is 222 Å². The largest absolute Gasteiger partial charge is 0.343 e. The maximum atomic E-state index is 13.4. The van der Waals surface area contributed by atoms with Crippen molar-refractivity contribution in [3.05, 3.63) is 163 Å². The molecule has 0 aliphatic heterocycles. The van der Waals surface area contributed by atoms with Gasteiger partial charge in [-0.2, -0.15) is 0 Å². The Bertz CT molecular complexity index is 3260. The predicted octanol–water partition coefficient (Wildman–Crippen LogP) is 21.4. The number of unbranched alkanes of at least 4 members (excludes halogenated alkanes) is 20. The fourth-order valence-corrected chi connectivity index (χ4v) is 15.8. The number of aromatic nitrogens is 2. The third kappa shape index (κ3) is 14.7. The van der Waals surface area contributed by atoms with Crippen LogP contribution in [0.4, 0.5) is 0 Å². The molecule has 0 spiro atoms. The molecule has 0 atom stereocenters. The van der Waals surface area contributed by atoms with E-state index < -0.39 is 0 Å². The van der Waals surface area contributed by atoms with E-state index in [4.69, 9.17) is 0 Å². The number of para-hydroxylation sites is 2. The first kappa shape index (κ1) is 60.5. The minimum absolute atomic E-state index is 0.0999. The van der Waals surface area contributed by atoms with Crippen LogP contribution in [-0.4, -0.2) is 20.6 Å². The van der Waals surface area contributed by atoms with Crippen LogP contribution in [0.15, 0.2) is 129 Å². The Kier molecular flexibility index (Phi) is 22.4. The van der Waals surface area contributed by atoms with Crippen LogP contribution in [0.2, 0.25) is 0 Å². The minimum atomic E-state index is 0.0999. The fourth-order valence-electron chi connectivity index (χ4n) is 13.7. The van der Waals surface area contributed by atoms with Gasteiger partial charge in [-0.25, -0.2) is 0 Å². The molecule has 1 aliphatic rings. The summed E-state index contributed by atoms with van der Waals surface area (Å²) in [5.41, 5.74) is 16.3. The molecule has 0 bridgehead atoms. The normalized spacial score (nSPS) is 12.9. The van der Waals surface area contributed by atoms with Gasteiger partial charge in [0.05, 0.1) is 22.1 Å². The summed E-state index contributed by atoms with van der Waals surface area (Å²) >= 11 is 4.21. The summed E-state index contributed by atoms with van der Waals surface area (Å²) in [6, 6.07) is 39.7. The summed E-state index contributed by atoms with van der Waals surface area (Å²) in [6.45, 7) is 9.48.